The highest BCUT2D eigenvalue weighted by Crippen LogP contribution is 2.33. The van der Waals surface area contributed by atoms with Gasteiger partial charge < -0.3 is 25.2 Å². The van der Waals surface area contributed by atoms with Crippen molar-refractivity contribution in [3.8, 4) is 11.1 Å². The monoisotopic (exact) mass is 470 g/mol. The summed E-state index contributed by atoms with van der Waals surface area (Å²) >= 11 is 0. The molecule has 5 atom stereocenters. The van der Waals surface area contributed by atoms with Crippen LogP contribution in [0.25, 0.3) is 11.1 Å². The van der Waals surface area contributed by atoms with Gasteiger partial charge in [0.15, 0.2) is 0 Å². The van der Waals surface area contributed by atoms with E-state index in [0.717, 1.165) is 36.8 Å². The van der Waals surface area contributed by atoms with E-state index in [1.165, 1.54) is 17.7 Å². The number of carbonyl (C=O) groups excluding carboxylic acids is 1. The molecule has 2 aliphatic heterocycles. The number of amides is 2. The molecular weight excluding hydrogens is 435 g/mol. The summed E-state index contributed by atoms with van der Waals surface area (Å²) in [6.07, 6.45) is 3.47. The molecule has 7 heteroatoms. The summed E-state index contributed by atoms with van der Waals surface area (Å²) in [6.45, 7) is 3.86. The maximum atomic E-state index is 13.2. The second-order valence-corrected chi connectivity index (χ2v) is 9.63. The maximum Gasteiger partial charge on any atom is 0.315 e. The van der Waals surface area contributed by atoms with Gasteiger partial charge in [-0.15, -0.1) is 0 Å². The molecule has 0 radical (unpaired) electrons. The second kappa shape index (κ2) is 11.3. The average molecular weight is 471 g/mol. The van der Waals surface area contributed by atoms with Crippen LogP contribution in [0.3, 0.4) is 0 Å². The Bertz CT molecular complexity index is 935. The number of urea groups is 1. The van der Waals surface area contributed by atoms with Gasteiger partial charge in [-0.25, -0.2) is 9.18 Å². The van der Waals surface area contributed by atoms with Gasteiger partial charge in [0.05, 0.1) is 37.1 Å². The number of ether oxygens (including phenoxy) is 2. The highest BCUT2D eigenvalue weighted by Gasteiger charge is 2.42. The highest BCUT2D eigenvalue weighted by molar-refractivity contribution is 5.74. The summed E-state index contributed by atoms with van der Waals surface area (Å²) in [5.41, 5.74) is 3.21. The first-order chi connectivity index (χ1) is 16.4. The van der Waals surface area contributed by atoms with E-state index in [1.54, 1.807) is 12.1 Å². The Kier molecular flexibility index (Phi) is 8.19. The van der Waals surface area contributed by atoms with Crippen LogP contribution in [-0.2, 0) is 15.9 Å². The number of fused-ring (bicyclic) bond motifs is 1. The average Bonchev–Trinajstić information content (AvgIpc) is 2.82. The van der Waals surface area contributed by atoms with Crippen molar-refractivity contribution in [2.75, 3.05) is 6.61 Å². The van der Waals surface area contributed by atoms with Gasteiger partial charge >= 0.3 is 6.03 Å². The van der Waals surface area contributed by atoms with E-state index < -0.39 is 0 Å². The number of hydrogen-bond acceptors (Lipinski definition) is 4. The standard InChI is InChI=1S/C27H35FN2O4/c1-17(2)29-27(32)30-23-15-26-25(14-12-22(16-31)33-26)34-24(23)13-5-18-3-6-19(7-4-18)20-8-10-21(28)11-9-20/h3-4,6-11,17,22-26,31H,5,12-16H2,1-2H3,(H2,29,30,32)/t22-,23-,24-,25+,26+/m1/s1. The Balaban J connectivity index is 1.40. The molecule has 0 aliphatic carbocycles. The Morgan fingerprint density at radius 1 is 1.03 bits per heavy atom. The minimum Gasteiger partial charge on any atom is -0.394 e. The van der Waals surface area contributed by atoms with Crippen LogP contribution in [0.15, 0.2) is 48.5 Å². The molecule has 2 aromatic carbocycles. The largest absolute Gasteiger partial charge is 0.394 e. The van der Waals surface area contributed by atoms with Crippen LogP contribution in [0.1, 0.15) is 45.1 Å². The quantitative estimate of drug-likeness (QED) is 0.567. The molecular formula is C27H35FN2O4. The van der Waals surface area contributed by atoms with Crippen LogP contribution >= 0.6 is 0 Å². The Morgan fingerprint density at radius 2 is 1.71 bits per heavy atom. The number of aryl methyl sites for hydroxylation is 1. The van der Waals surface area contributed by atoms with Crippen molar-refractivity contribution in [3.05, 3.63) is 59.9 Å². The fraction of sp³-hybridized carbons (Fsp3) is 0.519. The number of nitrogens with one attached hydrogen (secondary N) is 2. The molecule has 0 unspecified atom stereocenters. The zero-order chi connectivity index (χ0) is 24.1. The van der Waals surface area contributed by atoms with E-state index in [-0.39, 0.29) is 55.0 Å². The number of rotatable bonds is 7. The van der Waals surface area contributed by atoms with Crippen molar-refractivity contribution in [2.24, 2.45) is 0 Å². The Labute approximate surface area is 200 Å². The molecule has 0 aromatic heterocycles. The van der Waals surface area contributed by atoms with Crippen molar-refractivity contribution in [1.29, 1.82) is 0 Å². The van der Waals surface area contributed by atoms with Gasteiger partial charge in [-0.05, 0) is 74.8 Å². The molecule has 0 spiro atoms. The third-order valence-corrected chi connectivity index (χ3v) is 6.63. The van der Waals surface area contributed by atoms with Gasteiger partial charge in [0.25, 0.3) is 0 Å². The lowest BCUT2D eigenvalue weighted by atomic mass is 9.88. The van der Waals surface area contributed by atoms with Gasteiger partial charge in [0.1, 0.15) is 5.82 Å². The lowest BCUT2D eigenvalue weighted by Gasteiger charge is -2.45. The highest BCUT2D eigenvalue weighted by atomic mass is 19.1. The zero-order valence-electron chi connectivity index (χ0n) is 19.9. The summed E-state index contributed by atoms with van der Waals surface area (Å²) < 4.78 is 25.7. The van der Waals surface area contributed by atoms with Gasteiger partial charge in [0, 0.05) is 6.04 Å². The molecule has 2 aromatic rings. The summed E-state index contributed by atoms with van der Waals surface area (Å²) in [5, 5.41) is 15.5. The molecule has 0 bridgehead atoms. The first kappa shape index (κ1) is 24.6. The van der Waals surface area contributed by atoms with Crippen molar-refractivity contribution < 1.29 is 23.8 Å². The van der Waals surface area contributed by atoms with Crippen LogP contribution in [0, 0.1) is 5.82 Å². The van der Waals surface area contributed by atoms with E-state index in [2.05, 4.69) is 34.9 Å². The lowest BCUT2D eigenvalue weighted by Crippen LogP contribution is -2.59. The third-order valence-electron chi connectivity index (χ3n) is 6.63. The normalized spacial score (nSPS) is 26.7. The van der Waals surface area contributed by atoms with E-state index in [4.69, 9.17) is 9.47 Å². The molecule has 2 aliphatic rings. The van der Waals surface area contributed by atoms with Gasteiger partial charge in [0.2, 0.25) is 0 Å². The van der Waals surface area contributed by atoms with E-state index in [9.17, 15) is 14.3 Å². The first-order valence-electron chi connectivity index (χ1n) is 12.2. The predicted molar refractivity (Wildman–Crippen MR) is 129 cm³/mol. The molecule has 3 N–H and O–H groups in total. The number of benzene rings is 2. The van der Waals surface area contributed by atoms with Gasteiger partial charge in [-0.2, -0.15) is 0 Å². The zero-order valence-corrected chi connectivity index (χ0v) is 19.9. The minimum atomic E-state index is -0.240. The summed E-state index contributed by atoms with van der Waals surface area (Å²) in [6, 6.07) is 14.5. The molecule has 4 rings (SSSR count). The molecule has 6 nitrogen and oxygen atoms in total. The van der Waals surface area contributed by atoms with Gasteiger partial charge in [-0.1, -0.05) is 36.4 Å². The molecule has 0 saturated carbocycles. The van der Waals surface area contributed by atoms with Crippen LogP contribution in [0.2, 0.25) is 0 Å². The molecule has 34 heavy (non-hydrogen) atoms. The van der Waals surface area contributed by atoms with Crippen LogP contribution in [0.5, 0.6) is 0 Å². The second-order valence-electron chi connectivity index (χ2n) is 9.63. The molecule has 2 heterocycles. The van der Waals surface area contributed by atoms with Crippen LogP contribution in [0.4, 0.5) is 9.18 Å². The minimum absolute atomic E-state index is 0.00644. The SMILES string of the molecule is CC(C)NC(=O)N[C@@H]1C[C@@H]2O[C@@H](CO)CC[C@@H]2O[C@@H]1CCc1ccc(-c2ccc(F)cc2)cc1. The number of aliphatic hydroxyl groups excluding tert-OH is 1. The van der Waals surface area contributed by atoms with E-state index in [1.807, 2.05) is 13.8 Å². The lowest BCUT2D eigenvalue weighted by molar-refractivity contribution is -0.201. The maximum absolute atomic E-state index is 13.2. The van der Waals surface area contributed by atoms with Crippen molar-refractivity contribution >= 4 is 6.03 Å². The smallest absolute Gasteiger partial charge is 0.315 e. The van der Waals surface area contributed by atoms with Gasteiger partial charge in [-0.3, -0.25) is 0 Å². The number of halogens is 1. The number of aliphatic hydroxyl groups is 1. The number of hydrogen-bond donors (Lipinski definition) is 3. The van der Waals surface area contributed by atoms with Crippen molar-refractivity contribution in [1.82, 2.24) is 10.6 Å². The summed E-state index contributed by atoms with van der Waals surface area (Å²) in [5.74, 6) is -0.240. The van der Waals surface area contributed by atoms with Crippen LogP contribution < -0.4 is 10.6 Å². The molecule has 184 valence electrons. The third kappa shape index (κ3) is 6.34. The molecule has 2 fully saturated rings. The predicted octanol–water partition coefficient (Wildman–Crippen LogP) is 4.20. The fourth-order valence-corrected chi connectivity index (χ4v) is 4.87. The van der Waals surface area contributed by atoms with E-state index >= 15 is 0 Å². The Morgan fingerprint density at radius 3 is 2.35 bits per heavy atom. The van der Waals surface area contributed by atoms with Crippen molar-refractivity contribution in [3.63, 3.8) is 0 Å². The Hall–Kier alpha value is -2.48. The van der Waals surface area contributed by atoms with Crippen molar-refractivity contribution in [2.45, 2.75) is 82.5 Å². The molecule has 2 amide bonds. The van der Waals surface area contributed by atoms with E-state index in [0.29, 0.717) is 6.42 Å². The summed E-state index contributed by atoms with van der Waals surface area (Å²) in [7, 11) is 0. The summed E-state index contributed by atoms with van der Waals surface area (Å²) in [4.78, 5) is 12.4. The topological polar surface area (TPSA) is 79.8 Å². The fourth-order valence-electron chi connectivity index (χ4n) is 4.87. The molecule has 2 saturated heterocycles. The first-order valence-corrected chi connectivity index (χ1v) is 12.2. The number of carbonyl (C=O) groups is 1. The van der Waals surface area contributed by atoms with Crippen LogP contribution in [-0.4, -0.2) is 54.2 Å².